The van der Waals surface area contributed by atoms with Crippen LogP contribution in [0.3, 0.4) is 0 Å². The molecular weight excluding hydrogens is 273 g/mol. The van der Waals surface area contributed by atoms with Gasteiger partial charge in [-0.05, 0) is 16.7 Å². The van der Waals surface area contributed by atoms with Crippen LogP contribution in [0.1, 0.15) is 0 Å². The molecule has 1 N–H and O–H groups in total. The lowest BCUT2D eigenvalue weighted by Crippen LogP contribution is -2.41. The van der Waals surface area contributed by atoms with Crippen molar-refractivity contribution >= 4 is 20.4 Å². The maximum Gasteiger partial charge on any atom is 0.559 e. The summed E-state index contributed by atoms with van der Waals surface area (Å²) in [6, 6.07) is 6.97. The summed E-state index contributed by atoms with van der Waals surface area (Å²) >= 11 is 0. The predicted molar refractivity (Wildman–Crippen MR) is 65.9 cm³/mol. The van der Waals surface area contributed by atoms with Crippen molar-refractivity contribution in [3.05, 3.63) is 30.3 Å². The molecular formula is C11H13NO6P+. The first-order valence-electron chi connectivity index (χ1n) is 5.26. The molecule has 2 unspecified atom stereocenters. The van der Waals surface area contributed by atoms with Crippen molar-refractivity contribution < 1.29 is 28.6 Å². The Hall–Kier alpha value is -1.98. The van der Waals surface area contributed by atoms with Crippen LogP contribution in [0.25, 0.3) is 0 Å². The van der Waals surface area contributed by atoms with Crippen molar-refractivity contribution in [3.63, 3.8) is 0 Å². The average molecular weight is 286 g/mol. The quantitative estimate of drug-likeness (QED) is 0.439. The van der Waals surface area contributed by atoms with E-state index < -0.39 is 20.0 Å². The Morgan fingerprint density at radius 2 is 2.11 bits per heavy atom. The monoisotopic (exact) mass is 286 g/mol. The molecule has 0 radical (unpaired) electrons. The lowest BCUT2D eigenvalue weighted by atomic mass is 10.3. The lowest BCUT2D eigenvalue weighted by molar-refractivity contribution is -0.183. The van der Waals surface area contributed by atoms with Crippen LogP contribution in [0.4, 0.5) is 0 Å². The van der Waals surface area contributed by atoms with Crippen molar-refractivity contribution in [2.24, 2.45) is 0 Å². The van der Waals surface area contributed by atoms with Gasteiger partial charge in [0.1, 0.15) is 0 Å². The van der Waals surface area contributed by atoms with Gasteiger partial charge in [0.2, 0.25) is 18.6 Å². The predicted octanol–water partition coefficient (Wildman–Crippen LogP) is 1.28. The number of hydrogen-bond acceptors (Lipinski definition) is 5. The summed E-state index contributed by atoms with van der Waals surface area (Å²) in [4.78, 5) is 26.2. The van der Waals surface area contributed by atoms with Gasteiger partial charge in [0.25, 0.3) is 0 Å². The first kappa shape index (κ1) is 15.1. The Labute approximate surface area is 110 Å². The Morgan fingerprint density at radius 1 is 1.47 bits per heavy atom. The Kier molecular flexibility index (Phi) is 5.92. The number of para-hydroxylation sites is 1. The molecule has 0 aromatic heterocycles. The summed E-state index contributed by atoms with van der Waals surface area (Å²) in [6.07, 6.45) is -0.156. The Morgan fingerprint density at radius 3 is 2.58 bits per heavy atom. The van der Waals surface area contributed by atoms with Crippen LogP contribution in [-0.4, -0.2) is 41.9 Å². The molecule has 0 heterocycles. The fraction of sp³-hybridized carbons (Fsp3) is 0.273. The highest BCUT2D eigenvalue weighted by Gasteiger charge is 2.36. The Balaban J connectivity index is 2.67. The zero-order valence-corrected chi connectivity index (χ0v) is 11.0. The molecule has 0 aliphatic rings. The summed E-state index contributed by atoms with van der Waals surface area (Å²) in [5, 5.41) is 9.53. The standard InChI is InChI=1S/C11H12NO6P/c1-17-12(8-13)10(11(14)15)7-19(16)18-9-5-3-2-4-6-9/h2-6,8,10H,7H2,1H3/p+1. The van der Waals surface area contributed by atoms with E-state index in [0.29, 0.717) is 10.8 Å². The third kappa shape index (κ3) is 4.65. The van der Waals surface area contributed by atoms with E-state index in [-0.39, 0.29) is 12.6 Å². The van der Waals surface area contributed by atoms with Crippen LogP contribution in [0.2, 0.25) is 0 Å². The van der Waals surface area contributed by atoms with Gasteiger partial charge < -0.3 is 5.11 Å². The SMILES string of the molecule is CON(C=O)C(C[P+](=O)Oc1ccccc1)C(=O)O. The molecule has 1 aromatic rings. The van der Waals surface area contributed by atoms with Gasteiger partial charge >= 0.3 is 14.0 Å². The highest BCUT2D eigenvalue weighted by Crippen LogP contribution is 2.28. The molecule has 8 heteroatoms. The van der Waals surface area contributed by atoms with E-state index in [0.717, 1.165) is 7.11 Å². The largest absolute Gasteiger partial charge is 0.559 e. The molecule has 0 bridgehead atoms. The van der Waals surface area contributed by atoms with E-state index in [2.05, 4.69) is 4.84 Å². The van der Waals surface area contributed by atoms with Crippen LogP contribution >= 0.6 is 8.03 Å². The fourth-order valence-corrected chi connectivity index (χ4v) is 2.32. The molecule has 0 spiro atoms. The molecule has 19 heavy (non-hydrogen) atoms. The zero-order chi connectivity index (χ0) is 14.3. The second kappa shape index (κ2) is 7.45. The van der Waals surface area contributed by atoms with Crippen LogP contribution in [0.15, 0.2) is 30.3 Å². The number of hydrogen-bond donors (Lipinski definition) is 1. The minimum absolute atomic E-state index is 0.213. The number of nitrogens with zero attached hydrogens (tertiary/aromatic N) is 1. The number of rotatable bonds is 8. The minimum atomic E-state index is -2.28. The lowest BCUT2D eigenvalue weighted by Gasteiger charge is -2.17. The number of amides is 1. The molecule has 1 rings (SSSR count). The minimum Gasteiger partial charge on any atom is -0.480 e. The van der Waals surface area contributed by atoms with Crippen LogP contribution in [0.5, 0.6) is 5.75 Å². The van der Waals surface area contributed by atoms with Crippen molar-refractivity contribution in [3.8, 4) is 5.75 Å². The first-order chi connectivity index (χ1) is 9.08. The highest BCUT2D eigenvalue weighted by atomic mass is 31.1. The van der Waals surface area contributed by atoms with E-state index in [4.69, 9.17) is 9.63 Å². The van der Waals surface area contributed by atoms with Gasteiger partial charge in [-0.2, -0.15) is 0 Å². The van der Waals surface area contributed by atoms with Crippen LogP contribution < -0.4 is 4.52 Å². The molecule has 2 atom stereocenters. The van der Waals surface area contributed by atoms with E-state index in [1.807, 2.05) is 0 Å². The van der Waals surface area contributed by atoms with Crippen LogP contribution in [-0.2, 0) is 19.0 Å². The van der Waals surface area contributed by atoms with Crippen molar-refractivity contribution in [2.75, 3.05) is 13.3 Å². The molecule has 0 saturated heterocycles. The average Bonchev–Trinajstić information content (AvgIpc) is 2.39. The number of carbonyl (C=O) groups is 2. The number of hydroxylamine groups is 2. The van der Waals surface area contributed by atoms with E-state index in [1.54, 1.807) is 30.3 Å². The van der Waals surface area contributed by atoms with Gasteiger partial charge in [0.15, 0.2) is 5.75 Å². The molecule has 0 aliphatic heterocycles. The molecule has 0 saturated carbocycles. The summed E-state index contributed by atoms with van der Waals surface area (Å²) in [7, 11) is -1.14. The maximum atomic E-state index is 11.7. The normalized spacial score (nSPS) is 12.4. The zero-order valence-electron chi connectivity index (χ0n) is 10.1. The topological polar surface area (TPSA) is 93.1 Å². The molecule has 102 valence electrons. The van der Waals surface area contributed by atoms with Crippen LogP contribution in [0, 0.1) is 0 Å². The number of aliphatic carboxylic acids is 1. The van der Waals surface area contributed by atoms with E-state index in [1.165, 1.54) is 0 Å². The molecule has 1 aromatic carbocycles. The first-order valence-corrected chi connectivity index (χ1v) is 6.63. The van der Waals surface area contributed by atoms with E-state index >= 15 is 0 Å². The third-order valence-electron chi connectivity index (χ3n) is 2.18. The van der Waals surface area contributed by atoms with Gasteiger partial charge in [0.05, 0.1) is 7.11 Å². The second-order valence-electron chi connectivity index (χ2n) is 3.42. The van der Waals surface area contributed by atoms with Gasteiger partial charge in [-0.3, -0.25) is 14.2 Å². The van der Waals surface area contributed by atoms with Crippen molar-refractivity contribution in [2.45, 2.75) is 6.04 Å². The van der Waals surface area contributed by atoms with Crippen molar-refractivity contribution in [1.29, 1.82) is 0 Å². The highest BCUT2D eigenvalue weighted by molar-refractivity contribution is 7.39. The maximum absolute atomic E-state index is 11.7. The number of carboxylic acids is 1. The van der Waals surface area contributed by atoms with E-state index in [9.17, 15) is 14.2 Å². The number of carboxylic acid groups (broad SMARTS) is 1. The summed E-state index contributed by atoms with van der Waals surface area (Å²) in [5.74, 6) is -0.961. The summed E-state index contributed by atoms with van der Waals surface area (Å²) < 4.78 is 16.8. The van der Waals surface area contributed by atoms with Gasteiger partial charge in [-0.25, -0.2) is 9.86 Å². The summed E-state index contributed by atoms with van der Waals surface area (Å²) in [6.45, 7) is 0. The number of benzene rings is 1. The Bertz CT molecular complexity index is 452. The number of carbonyl (C=O) groups excluding carboxylic acids is 1. The van der Waals surface area contributed by atoms with Crippen molar-refractivity contribution in [1.82, 2.24) is 5.06 Å². The molecule has 0 aliphatic carbocycles. The second-order valence-corrected chi connectivity index (χ2v) is 4.63. The smallest absolute Gasteiger partial charge is 0.480 e. The summed E-state index contributed by atoms with van der Waals surface area (Å²) in [5.41, 5.74) is 0. The van der Waals surface area contributed by atoms with Gasteiger partial charge in [0, 0.05) is 0 Å². The van der Waals surface area contributed by atoms with Gasteiger partial charge in [-0.1, -0.05) is 18.2 Å². The molecule has 0 fully saturated rings. The fourth-order valence-electron chi connectivity index (χ4n) is 1.29. The molecule has 7 nitrogen and oxygen atoms in total. The third-order valence-corrected chi connectivity index (χ3v) is 3.24. The van der Waals surface area contributed by atoms with Gasteiger partial charge in [-0.15, -0.1) is 0 Å². The molecule has 1 amide bonds.